The summed E-state index contributed by atoms with van der Waals surface area (Å²) in [5.41, 5.74) is 1.03. The van der Waals surface area contributed by atoms with Gasteiger partial charge in [0.1, 0.15) is 0 Å². The normalized spacial score (nSPS) is 11.7. The highest BCUT2D eigenvalue weighted by molar-refractivity contribution is 14.0. The van der Waals surface area contributed by atoms with E-state index in [9.17, 15) is 8.42 Å². The molecule has 2 rings (SSSR count). The Morgan fingerprint density at radius 1 is 1.16 bits per heavy atom. The smallest absolute Gasteiger partial charge is 0.238 e. The second-order valence-corrected chi connectivity index (χ2v) is 8.24. The molecule has 138 valence electrons. The molecule has 0 fully saturated rings. The Hall–Kier alpha value is -1.17. The predicted octanol–water partition coefficient (Wildman–Crippen LogP) is 2.23. The van der Waals surface area contributed by atoms with Crippen LogP contribution in [0.2, 0.25) is 0 Å². The van der Waals surface area contributed by atoms with Crippen LogP contribution in [0.3, 0.4) is 0 Å². The number of hydrogen-bond acceptors (Lipinski definition) is 4. The lowest BCUT2D eigenvalue weighted by molar-refractivity contribution is 0.598. The van der Waals surface area contributed by atoms with Gasteiger partial charge >= 0.3 is 0 Å². The number of aryl methyl sites for hydroxylation is 1. The molecule has 0 spiro atoms. The third kappa shape index (κ3) is 7.30. The van der Waals surface area contributed by atoms with Gasteiger partial charge in [0, 0.05) is 23.3 Å². The Kier molecular flexibility index (Phi) is 8.83. The maximum Gasteiger partial charge on any atom is 0.238 e. The van der Waals surface area contributed by atoms with Crippen molar-refractivity contribution < 1.29 is 8.42 Å². The third-order valence-corrected chi connectivity index (χ3v) is 5.34. The molecule has 2 aromatic rings. The lowest BCUT2D eigenvalue weighted by Gasteiger charge is -2.11. The van der Waals surface area contributed by atoms with Crippen LogP contribution in [-0.4, -0.2) is 28.0 Å². The van der Waals surface area contributed by atoms with Crippen molar-refractivity contribution >= 4 is 51.3 Å². The molecule has 9 heteroatoms. The standard InChI is InChI=1S/C16H22N4O2S2.HI/c1-12-3-6-14(23-12)11-20-16(18-2)19-10-9-13-4-7-15(8-5-13)24(17,21)22;/h3-8H,9-11H2,1-2H3,(H2,17,21,22)(H2,18,19,20);1H. The van der Waals surface area contributed by atoms with E-state index < -0.39 is 10.0 Å². The van der Waals surface area contributed by atoms with Gasteiger partial charge < -0.3 is 10.6 Å². The van der Waals surface area contributed by atoms with Crippen molar-refractivity contribution in [2.24, 2.45) is 10.1 Å². The van der Waals surface area contributed by atoms with Gasteiger partial charge in [0.25, 0.3) is 0 Å². The molecular formula is C16H23IN4O2S2. The number of nitrogens with one attached hydrogen (secondary N) is 2. The average Bonchev–Trinajstić information content (AvgIpc) is 2.96. The molecule has 0 bridgehead atoms. The molecular weight excluding hydrogens is 471 g/mol. The number of primary sulfonamides is 1. The second-order valence-electron chi connectivity index (χ2n) is 5.30. The van der Waals surface area contributed by atoms with Crippen LogP contribution in [0, 0.1) is 6.92 Å². The van der Waals surface area contributed by atoms with Crippen molar-refractivity contribution in [2.45, 2.75) is 24.8 Å². The largest absolute Gasteiger partial charge is 0.356 e. The van der Waals surface area contributed by atoms with Gasteiger partial charge in [0.2, 0.25) is 10.0 Å². The van der Waals surface area contributed by atoms with Crippen molar-refractivity contribution in [1.82, 2.24) is 10.6 Å². The molecule has 0 aliphatic rings. The van der Waals surface area contributed by atoms with Gasteiger partial charge in [0.15, 0.2) is 5.96 Å². The highest BCUT2D eigenvalue weighted by atomic mass is 127. The molecule has 0 unspecified atom stereocenters. The minimum atomic E-state index is -3.63. The molecule has 0 radical (unpaired) electrons. The zero-order valence-electron chi connectivity index (χ0n) is 14.2. The maximum atomic E-state index is 11.2. The van der Waals surface area contributed by atoms with Crippen molar-refractivity contribution in [3.05, 3.63) is 51.7 Å². The van der Waals surface area contributed by atoms with E-state index in [4.69, 9.17) is 5.14 Å². The van der Waals surface area contributed by atoms with Gasteiger partial charge in [-0.2, -0.15) is 0 Å². The number of aliphatic imine (C=N–C) groups is 1. The Morgan fingerprint density at radius 2 is 1.84 bits per heavy atom. The van der Waals surface area contributed by atoms with E-state index in [1.807, 2.05) is 0 Å². The number of rotatable bonds is 6. The quantitative estimate of drug-likeness (QED) is 0.326. The number of guanidine groups is 1. The zero-order chi connectivity index (χ0) is 17.6. The number of hydrogen-bond donors (Lipinski definition) is 3. The monoisotopic (exact) mass is 494 g/mol. The number of nitrogens with zero attached hydrogens (tertiary/aromatic N) is 1. The third-order valence-electron chi connectivity index (χ3n) is 3.41. The lowest BCUT2D eigenvalue weighted by atomic mass is 10.1. The van der Waals surface area contributed by atoms with Crippen LogP contribution < -0.4 is 15.8 Å². The molecule has 4 N–H and O–H groups in total. The first kappa shape index (κ1) is 21.9. The fourth-order valence-corrected chi connectivity index (χ4v) is 3.49. The second kappa shape index (κ2) is 10.1. The van der Waals surface area contributed by atoms with E-state index >= 15 is 0 Å². The van der Waals surface area contributed by atoms with Crippen molar-refractivity contribution in [1.29, 1.82) is 0 Å². The van der Waals surface area contributed by atoms with E-state index in [1.165, 1.54) is 21.9 Å². The van der Waals surface area contributed by atoms with E-state index in [-0.39, 0.29) is 28.9 Å². The van der Waals surface area contributed by atoms with Crippen LogP contribution in [0.1, 0.15) is 15.3 Å². The maximum absolute atomic E-state index is 11.2. The van der Waals surface area contributed by atoms with Gasteiger partial charge in [-0.25, -0.2) is 13.6 Å². The Morgan fingerprint density at radius 3 is 2.36 bits per heavy atom. The number of halogens is 1. The summed E-state index contributed by atoms with van der Waals surface area (Å²) >= 11 is 1.76. The first-order chi connectivity index (χ1) is 11.4. The molecule has 0 saturated heterocycles. The minimum Gasteiger partial charge on any atom is -0.356 e. The van der Waals surface area contributed by atoms with Crippen LogP contribution >= 0.6 is 35.3 Å². The topological polar surface area (TPSA) is 96.6 Å². The minimum absolute atomic E-state index is 0. The Balaban J connectivity index is 0.00000312. The van der Waals surface area contributed by atoms with E-state index in [0.717, 1.165) is 24.5 Å². The molecule has 0 aliphatic heterocycles. The first-order valence-corrected chi connectivity index (χ1v) is 9.86. The van der Waals surface area contributed by atoms with Gasteiger partial charge in [0.05, 0.1) is 11.4 Å². The number of sulfonamides is 1. The number of benzene rings is 1. The van der Waals surface area contributed by atoms with E-state index in [0.29, 0.717) is 6.54 Å². The van der Waals surface area contributed by atoms with Crippen molar-refractivity contribution in [3.63, 3.8) is 0 Å². The summed E-state index contributed by atoms with van der Waals surface area (Å²) < 4.78 is 22.4. The summed E-state index contributed by atoms with van der Waals surface area (Å²) in [6.45, 7) is 3.52. The highest BCUT2D eigenvalue weighted by Crippen LogP contribution is 2.14. The Labute approximate surface area is 170 Å². The summed E-state index contributed by atoms with van der Waals surface area (Å²) in [5.74, 6) is 0.738. The number of nitrogens with two attached hydrogens (primary N) is 1. The molecule has 1 aromatic heterocycles. The van der Waals surface area contributed by atoms with Crippen LogP contribution in [0.15, 0.2) is 46.3 Å². The summed E-state index contributed by atoms with van der Waals surface area (Å²) in [5, 5.41) is 11.6. The van der Waals surface area contributed by atoms with Crippen LogP contribution in [0.5, 0.6) is 0 Å². The molecule has 0 atom stereocenters. The number of thiophene rings is 1. The first-order valence-electron chi connectivity index (χ1n) is 7.50. The SMILES string of the molecule is CN=C(NCCc1ccc(S(N)(=O)=O)cc1)NCc1ccc(C)s1.I. The molecule has 0 amide bonds. The lowest BCUT2D eigenvalue weighted by Crippen LogP contribution is -2.37. The highest BCUT2D eigenvalue weighted by Gasteiger charge is 2.06. The fraction of sp³-hybridized carbons (Fsp3) is 0.312. The van der Waals surface area contributed by atoms with E-state index in [2.05, 4.69) is 34.7 Å². The van der Waals surface area contributed by atoms with Crippen LogP contribution in [0.4, 0.5) is 0 Å². The molecule has 1 heterocycles. The van der Waals surface area contributed by atoms with Crippen molar-refractivity contribution in [2.75, 3.05) is 13.6 Å². The molecule has 6 nitrogen and oxygen atoms in total. The van der Waals surface area contributed by atoms with Gasteiger partial charge in [-0.15, -0.1) is 35.3 Å². The van der Waals surface area contributed by atoms with Crippen LogP contribution in [-0.2, 0) is 23.0 Å². The molecule has 25 heavy (non-hydrogen) atoms. The molecule has 0 saturated carbocycles. The Bertz CT molecular complexity index is 802. The average molecular weight is 494 g/mol. The molecule has 1 aromatic carbocycles. The predicted molar refractivity (Wildman–Crippen MR) is 114 cm³/mol. The van der Waals surface area contributed by atoms with E-state index in [1.54, 1.807) is 30.5 Å². The summed E-state index contributed by atoms with van der Waals surface area (Å²) in [4.78, 5) is 6.87. The summed E-state index contributed by atoms with van der Waals surface area (Å²) in [7, 11) is -1.90. The molecule has 0 aliphatic carbocycles. The van der Waals surface area contributed by atoms with Gasteiger partial charge in [-0.1, -0.05) is 12.1 Å². The van der Waals surface area contributed by atoms with Gasteiger partial charge in [-0.3, -0.25) is 4.99 Å². The zero-order valence-corrected chi connectivity index (χ0v) is 18.1. The van der Waals surface area contributed by atoms with Crippen LogP contribution in [0.25, 0.3) is 0 Å². The van der Waals surface area contributed by atoms with Crippen molar-refractivity contribution in [3.8, 4) is 0 Å². The van der Waals surface area contributed by atoms with Gasteiger partial charge in [-0.05, 0) is 43.2 Å². The summed E-state index contributed by atoms with van der Waals surface area (Å²) in [6.07, 6.45) is 0.754. The summed E-state index contributed by atoms with van der Waals surface area (Å²) in [6, 6.07) is 10.8. The fourth-order valence-electron chi connectivity index (χ4n) is 2.14.